The molecule has 2 saturated heterocycles. The van der Waals surface area contributed by atoms with Crippen molar-refractivity contribution in [2.75, 3.05) is 31.1 Å². The van der Waals surface area contributed by atoms with E-state index in [0.717, 1.165) is 19.6 Å². The topological polar surface area (TPSA) is 29.5 Å². The first kappa shape index (κ1) is 14.4. The highest BCUT2D eigenvalue weighted by Gasteiger charge is 2.53. The van der Waals surface area contributed by atoms with E-state index < -0.39 is 5.60 Å². The van der Waals surface area contributed by atoms with Crippen LogP contribution < -0.4 is 0 Å². The Morgan fingerprint density at radius 3 is 2.61 bits per heavy atom. The Morgan fingerprint density at radius 2 is 2.00 bits per heavy atom. The van der Waals surface area contributed by atoms with Gasteiger partial charge >= 0.3 is 0 Å². The highest BCUT2D eigenvalue weighted by Crippen LogP contribution is 2.39. The van der Waals surface area contributed by atoms with Gasteiger partial charge in [-0.2, -0.15) is 11.8 Å². The van der Waals surface area contributed by atoms with Gasteiger partial charge in [0.25, 0.3) is 0 Å². The van der Waals surface area contributed by atoms with E-state index in [2.05, 4.69) is 18.7 Å². The Morgan fingerprint density at radius 1 is 1.28 bits per heavy atom. The van der Waals surface area contributed by atoms with E-state index in [-0.39, 0.29) is 17.3 Å². The molecular formula is C14H25NO2S. The maximum Gasteiger partial charge on any atom is 0.171 e. The van der Waals surface area contributed by atoms with Gasteiger partial charge in [-0.3, -0.25) is 4.79 Å². The van der Waals surface area contributed by atoms with E-state index in [4.69, 9.17) is 4.74 Å². The Hall–Kier alpha value is -0.0600. The Bertz CT molecular complexity index is 320. The maximum absolute atomic E-state index is 12.4. The van der Waals surface area contributed by atoms with Gasteiger partial charge in [0.2, 0.25) is 0 Å². The number of rotatable bonds is 2. The smallest absolute Gasteiger partial charge is 0.171 e. The van der Waals surface area contributed by atoms with Crippen LogP contribution in [-0.2, 0) is 9.53 Å². The molecule has 0 aromatic heterocycles. The van der Waals surface area contributed by atoms with Crippen molar-refractivity contribution < 1.29 is 9.53 Å². The lowest BCUT2D eigenvalue weighted by molar-refractivity contribution is -0.132. The van der Waals surface area contributed by atoms with Crippen LogP contribution in [0.1, 0.15) is 34.1 Å². The summed E-state index contributed by atoms with van der Waals surface area (Å²) in [7, 11) is 0. The highest BCUT2D eigenvalue weighted by atomic mass is 32.2. The molecule has 2 heterocycles. The number of ether oxygens (including phenoxy) is 1. The van der Waals surface area contributed by atoms with Crippen molar-refractivity contribution in [1.82, 2.24) is 4.90 Å². The van der Waals surface area contributed by atoms with Gasteiger partial charge in [-0.05, 0) is 46.4 Å². The monoisotopic (exact) mass is 271 g/mol. The molecule has 0 aromatic rings. The minimum Gasteiger partial charge on any atom is -0.361 e. The molecule has 4 heteroatoms. The fourth-order valence-corrected chi connectivity index (χ4v) is 3.98. The van der Waals surface area contributed by atoms with Crippen LogP contribution >= 0.6 is 11.8 Å². The van der Waals surface area contributed by atoms with E-state index in [9.17, 15) is 4.79 Å². The third kappa shape index (κ3) is 2.91. The number of ketones is 1. The summed E-state index contributed by atoms with van der Waals surface area (Å²) in [4.78, 5) is 14.9. The van der Waals surface area contributed by atoms with E-state index in [1.807, 2.05) is 25.6 Å². The average molecular weight is 271 g/mol. The second kappa shape index (κ2) is 5.14. The summed E-state index contributed by atoms with van der Waals surface area (Å²) in [5.41, 5.74) is -0.950. The molecule has 104 valence electrons. The summed E-state index contributed by atoms with van der Waals surface area (Å²) < 4.78 is 5.95. The zero-order valence-corrected chi connectivity index (χ0v) is 12.8. The third-order valence-corrected chi connectivity index (χ3v) is 5.07. The molecule has 18 heavy (non-hydrogen) atoms. The molecule has 0 bridgehead atoms. The van der Waals surface area contributed by atoms with Crippen molar-refractivity contribution >= 4 is 17.5 Å². The van der Waals surface area contributed by atoms with Gasteiger partial charge in [-0.1, -0.05) is 0 Å². The molecule has 0 amide bonds. The minimum atomic E-state index is -0.616. The van der Waals surface area contributed by atoms with Gasteiger partial charge in [0, 0.05) is 18.8 Å². The zero-order valence-electron chi connectivity index (χ0n) is 12.0. The lowest BCUT2D eigenvalue weighted by Crippen LogP contribution is -2.41. The number of carbonyl (C=O) groups is 1. The first-order chi connectivity index (χ1) is 8.33. The highest BCUT2D eigenvalue weighted by molar-refractivity contribution is 7.99. The Labute approximate surface area is 115 Å². The van der Waals surface area contributed by atoms with Crippen molar-refractivity contribution in [2.24, 2.45) is 5.92 Å². The first-order valence-electron chi connectivity index (χ1n) is 6.87. The second-order valence-electron chi connectivity index (χ2n) is 6.40. The molecule has 0 spiro atoms. The van der Waals surface area contributed by atoms with Crippen LogP contribution in [0.15, 0.2) is 0 Å². The fraction of sp³-hybridized carbons (Fsp3) is 0.929. The molecule has 0 aromatic carbocycles. The Kier molecular flexibility index (Phi) is 4.10. The summed E-state index contributed by atoms with van der Waals surface area (Å²) in [6.45, 7) is 11.0. The van der Waals surface area contributed by atoms with Gasteiger partial charge in [0.1, 0.15) is 5.60 Å². The van der Waals surface area contributed by atoms with Crippen LogP contribution in [0.4, 0.5) is 0 Å². The molecule has 0 radical (unpaired) electrons. The molecule has 1 unspecified atom stereocenters. The van der Waals surface area contributed by atoms with Crippen molar-refractivity contribution in [3.05, 3.63) is 0 Å². The van der Waals surface area contributed by atoms with E-state index >= 15 is 0 Å². The van der Waals surface area contributed by atoms with Crippen LogP contribution in [0.25, 0.3) is 0 Å². The summed E-state index contributed by atoms with van der Waals surface area (Å²) in [5.74, 6) is 2.71. The normalized spacial score (nSPS) is 32.4. The molecule has 1 atom stereocenters. The van der Waals surface area contributed by atoms with Gasteiger partial charge in [-0.25, -0.2) is 0 Å². The van der Waals surface area contributed by atoms with Crippen LogP contribution in [0.5, 0.6) is 0 Å². The number of carbonyl (C=O) groups excluding carboxylic acids is 1. The van der Waals surface area contributed by atoms with Gasteiger partial charge in [0.05, 0.1) is 11.5 Å². The molecule has 0 saturated carbocycles. The fourth-order valence-electron chi connectivity index (χ4n) is 3.06. The SMILES string of the molecule is CC1(C)OC(C)(C)C(CN2CCCSCC2)C1=O. The number of nitrogens with zero attached hydrogens (tertiary/aromatic N) is 1. The van der Waals surface area contributed by atoms with Crippen LogP contribution in [0.3, 0.4) is 0 Å². The maximum atomic E-state index is 12.4. The minimum absolute atomic E-state index is 0.00981. The van der Waals surface area contributed by atoms with Crippen molar-refractivity contribution in [3.8, 4) is 0 Å². The van der Waals surface area contributed by atoms with Gasteiger partial charge < -0.3 is 9.64 Å². The molecule has 0 aliphatic carbocycles. The molecule has 0 N–H and O–H groups in total. The predicted octanol–water partition coefficient (Wildman–Crippen LogP) is 2.20. The predicted molar refractivity (Wildman–Crippen MR) is 76.1 cm³/mol. The first-order valence-corrected chi connectivity index (χ1v) is 8.03. The van der Waals surface area contributed by atoms with Crippen LogP contribution in [0.2, 0.25) is 0 Å². The summed E-state index contributed by atoms with van der Waals surface area (Å²) in [6, 6.07) is 0. The van der Waals surface area contributed by atoms with Crippen molar-refractivity contribution in [1.29, 1.82) is 0 Å². The number of hydrogen-bond donors (Lipinski definition) is 0. The number of hydrogen-bond acceptors (Lipinski definition) is 4. The summed E-state index contributed by atoms with van der Waals surface area (Å²) in [5, 5.41) is 0. The summed E-state index contributed by atoms with van der Waals surface area (Å²) in [6.07, 6.45) is 1.23. The van der Waals surface area contributed by atoms with Crippen LogP contribution in [0, 0.1) is 5.92 Å². The Balaban J connectivity index is 2.05. The molecule has 2 fully saturated rings. The van der Waals surface area contributed by atoms with Crippen LogP contribution in [-0.4, -0.2) is 53.0 Å². The lowest BCUT2D eigenvalue weighted by Gasteiger charge is -2.30. The molecular weight excluding hydrogens is 246 g/mol. The van der Waals surface area contributed by atoms with Gasteiger partial charge in [0.15, 0.2) is 5.78 Å². The number of thioether (sulfide) groups is 1. The van der Waals surface area contributed by atoms with E-state index in [1.54, 1.807) is 0 Å². The molecule has 2 aliphatic heterocycles. The molecule has 2 rings (SSSR count). The van der Waals surface area contributed by atoms with Crippen molar-refractivity contribution in [2.45, 2.75) is 45.3 Å². The molecule has 3 nitrogen and oxygen atoms in total. The van der Waals surface area contributed by atoms with Gasteiger partial charge in [-0.15, -0.1) is 0 Å². The lowest BCUT2D eigenvalue weighted by atomic mass is 9.85. The second-order valence-corrected chi connectivity index (χ2v) is 7.62. The van der Waals surface area contributed by atoms with Crippen molar-refractivity contribution in [3.63, 3.8) is 0 Å². The van der Waals surface area contributed by atoms with E-state index in [1.165, 1.54) is 17.9 Å². The summed E-state index contributed by atoms with van der Waals surface area (Å²) >= 11 is 2.02. The van der Waals surface area contributed by atoms with E-state index in [0.29, 0.717) is 0 Å². The average Bonchev–Trinajstić information content (AvgIpc) is 2.49. The quantitative estimate of drug-likeness (QED) is 0.770. The third-order valence-electron chi connectivity index (χ3n) is 4.02. The standard InChI is InChI=1S/C14H25NO2S/c1-13(2)11(12(16)14(3,4)17-13)10-15-6-5-8-18-9-7-15/h11H,5-10H2,1-4H3. The zero-order chi connectivity index (χ0) is 13.4. The number of Topliss-reactive ketones (excluding diaryl/α,β-unsaturated/α-hetero) is 1. The molecule has 2 aliphatic rings. The largest absolute Gasteiger partial charge is 0.361 e.